The summed E-state index contributed by atoms with van der Waals surface area (Å²) < 4.78 is 7.96. The summed E-state index contributed by atoms with van der Waals surface area (Å²) in [5.74, 6) is 0. The summed E-state index contributed by atoms with van der Waals surface area (Å²) >= 11 is 5.61. The van der Waals surface area contributed by atoms with E-state index in [1.165, 1.54) is 82.7 Å². The van der Waals surface area contributed by atoms with E-state index < -0.39 is 0 Å². The van der Waals surface area contributed by atoms with Crippen LogP contribution in [0.2, 0.25) is 0 Å². The molecule has 44 heavy (non-hydrogen) atoms. The molecule has 7 aromatic carbocycles. The van der Waals surface area contributed by atoms with Gasteiger partial charge in [-0.3, -0.25) is 0 Å². The molecule has 3 aromatic heterocycles. The van der Waals surface area contributed by atoms with Crippen LogP contribution in [-0.4, -0.2) is 0 Å². The summed E-state index contributed by atoms with van der Waals surface area (Å²) in [6.45, 7) is 0. The lowest BCUT2D eigenvalue weighted by molar-refractivity contribution is 1.30. The molecule has 0 aliphatic carbocycles. The summed E-state index contributed by atoms with van der Waals surface area (Å²) in [6, 6.07) is 51.8. The fourth-order valence-electron chi connectivity index (χ4n) is 6.82. The molecule has 0 radical (unpaired) electrons. The Morgan fingerprint density at radius 2 is 0.727 bits per heavy atom. The average Bonchev–Trinajstić information content (AvgIpc) is 3.76. The molecule has 1 nitrogen and oxygen atoms in total. The molecule has 206 valence electrons. The van der Waals surface area contributed by atoms with Crippen molar-refractivity contribution in [2.75, 3.05) is 4.90 Å². The van der Waals surface area contributed by atoms with E-state index in [4.69, 9.17) is 0 Å². The Morgan fingerprint density at radius 3 is 1.34 bits per heavy atom. The van der Waals surface area contributed by atoms with Crippen LogP contribution in [0.3, 0.4) is 0 Å². The van der Waals surface area contributed by atoms with Crippen molar-refractivity contribution in [2.24, 2.45) is 0 Å². The highest BCUT2D eigenvalue weighted by molar-refractivity contribution is 7.26. The molecular weight excluding hydrogens is 591 g/mol. The van der Waals surface area contributed by atoms with Crippen molar-refractivity contribution in [3.63, 3.8) is 0 Å². The van der Waals surface area contributed by atoms with Crippen LogP contribution in [0.5, 0.6) is 0 Å². The van der Waals surface area contributed by atoms with Gasteiger partial charge in [0, 0.05) is 77.6 Å². The molecule has 0 fully saturated rings. The zero-order valence-corrected chi connectivity index (χ0v) is 25.9. The summed E-state index contributed by atoms with van der Waals surface area (Å²) in [5.41, 5.74) is 3.50. The minimum Gasteiger partial charge on any atom is -0.310 e. The Bertz CT molecular complexity index is 2630. The average molecular weight is 614 g/mol. The number of nitrogens with zero attached hydrogens (tertiary/aromatic N) is 1. The second kappa shape index (κ2) is 9.38. The van der Waals surface area contributed by atoms with E-state index >= 15 is 0 Å². The Morgan fingerprint density at radius 1 is 0.318 bits per heavy atom. The first-order valence-electron chi connectivity index (χ1n) is 14.8. The lowest BCUT2D eigenvalue weighted by Crippen LogP contribution is -2.09. The van der Waals surface area contributed by atoms with E-state index in [0.29, 0.717) is 0 Å². The summed E-state index contributed by atoms with van der Waals surface area (Å²) in [7, 11) is 0. The van der Waals surface area contributed by atoms with Crippen LogP contribution in [0.4, 0.5) is 17.1 Å². The molecule has 0 atom stereocenters. The van der Waals surface area contributed by atoms with Crippen molar-refractivity contribution >= 4 is 122 Å². The predicted molar refractivity (Wildman–Crippen MR) is 197 cm³/mol. The third kappa shape index (κ3) is 3.62. The topological polar surface area (TPSA) is 3.24 Å². The number of benzene rings is 7. The van der Waals surface area contributed by atoms with Gasteiger partial charge in [0.25, 0.3) is 0 Å². The van der Waals surface area contributed by atoms with Gasteiger partial charge in [-0.2, -0.15) is 0 Å². The van der Waals surface area contributed by atoms with Gasteiger partial charge < -0.3 is 4.90 Å². The molecule has 0 aliphatic rings. The molecule has 0 unspecified atom stereocenters. The van der Waals surface area contributed by atoms with Crippen LogP contribution in [-0.2, 0) is 0 Å². The SMILES string of the molecule is c1ccc2c(c1)sc1ccc(N(c3ccc4sc5ccccc5c4c3)c3ccc4ccc5sc6ccccc6c5c4c3)cc12. The first-order valence-corrected chi connectivity index (χ1v) is 17.2. The van der Waals surface area contributed by atoms with Gasteiger partial charge in [-0.05, 0) is 83.6 Å². The first-order chi connectivity index (χ1) is 21.8. The van der Waals surface area contributed by atoms with Crippen molar-refractivity contribution in [3.8, 4) is 0 Å². The molecule has 0 spiro atoms. The number of fused-ring (bicyclic) bond motifs is 11. The zero-order chi connectivity index (χ0) is 28.8. The highest BCUT2D eigenvalue weighted by atomic mass is 32.1. The van der Waals surface area contributed by atoms with E-state index in [1.54, 1.807) is 0 Å². The first kappa shape index (κ1) is 24.7. The second-order valence-electron chi connectivity index (χ2n) is 11.3. The number of thiophene rings is 3. The highest BCUT2D eigenvalue weighted by Gasteiger charge is 2.18. The van der Waals surface area contributed by atoms with Crippen LogP contribution >= 0.6 is 34.0 Å². The van der Waals surface area contributed by atoms with Gasteiger partial charge in [-0.25, -0.2) is 0 Å². The fraction of sp³-hybridized carbons (Fsp3) is 0. The van der Waals surface area contributed by atoms with Gasteiger partial charge in [0.05, 0.1) is 0 Å². The smallest absolute Gasteiger partial charge is 0.0468 e. The molecular formula is C40H23NS3. The van der Waals surface area contributed by atoms with E-state index in [0.717, 1.165) is 5.69 Å². The minimum absolute atomic E-state index is 1.16. The van der Waals surface area contributed by atoms with Crippen molar-refractivity contribution in [2.45, 2.75) is 0 Å². The quantitative estimate of drug-likeness (QED) is 0.192. The molecule has 4 heteroatoms. The Hall–Kier alpha value is -4.74. The van der Waals surface area contributed by atoms with Gasteiger partial charge in [0.2, 0.25) is 0 Å². The molecule has 0 saturated heterocycles. The summed E-state index contributed by atoms with van der Waals surface area (Å²) in [4.78, 5) is 2.45. The monoisotopic (exact) mass is 613 g/mol. The van der Waals surface area contributed by atoms with Crippen LogP contribution in [0, 0.1) is 0 Å². The molecule has 10 rings (SSSR count). The molecule has 0 N–H and O–H groups in total. The van der Waals surface area contributed by atoms with E-state index in [2.05, 4.69) is 144 Å². The Kier molecular flexibility index (Phi) is 5.26. The van der Waals surface area contributed by atoms with Crippen LogP contribution in [0.25, 0.3) is 71.3 Å². The van der Waals surface area contributed by atoms with Gasteiger partial charge in [-0.15, -0.1) is 34.0 Å². The molecule has 10 aromatic rings. The molecule has 0 bridgehead atoms. The van der Waals surface area contributed by atoms with Crippen molar-refractivity contribution in [1.29, 1.82) is 0 Å². The van der Waals surface area contributed by atoms with E-state index in [-0.39, 0.29) is 0 Å². The molecule has 0 aliphatic heterocycles. The minimum atomic E-state index is 1.16. The third-order valence-corrected chi connectivity index (χ3v) is 12.3. The number of rotatable bonds is 3. The predicted octanol–water partition coefficient (Wildman–Crippen LogP) is 13.4. The third-order valence-electron chi connectivity index (χ3n) is 8.84. The van der Waals surface area contributed by atoms with Crippen LogP contribution in [0.15, 0.2) is 140 Å². The van der Waals surface area contributed by atoms with Crippen LogP contribution < -0.4 is 4.90 Å². The highest BCUT2D eigenvalue weighted by Crippen LogP contribution is 2.45. The second-order valence-corrected chi connectivity index (χ2v) is 14.6. The lowest BCUT2D eigenvalue weighted by Gasteiger charge is -2.26. The van der Waals surface area contributed by atoms with Gasteiger partial charge >= 0.3 is 0 Å². The number of hydrogen-bond donors (Lipinski definition) is 0. The fourth-order valence-corrected chi connectivity index (χ4v) is 10.1. The number of hydrogen-bond acceptors (Lipinski definition) is 4. The Labute approximate surface area is 265 Å². The maximum absolute atomic E-state index is 2.45. The van der Waals surface area contributed by atoms with Crippen molar-refractivity contribution < 1.29 is 0 Å². The van der Waals surface area contributed by atoms with E-state index in [9.17, 15) is 0 Å². The lowest BCUT2D eigenvalue weighted by atomic mass is 10.0. The maximum Gasteiger partial charge on any atom is 0.0468 e. The molecule has 0 amide bonds. The normalized spacial score (nSPS) is 12.1. The summed E-state index contributed by atoms with van der Waals surface area (Å²) in [5, 5.41) is 10.5. The standard InChI is InChI=1S/C40H23NS3/c1-4-10-34-28(7-1)32-22-26(16-19-37(32)42-34)41(27-17-20-38-33(23-27)29-8-2-5-11-35(29)43-38)25-15-13-24-14-18-39-40(31(24)21-25)30-9-3-6-12-36(30)44-39/h1-23H. The van der Waals surface area contributed by atoms with E-state index in [1.807, 2.05) is 34.0 Å². The van der Waals surface area contributed by atoms with Gasteiger partial charge in [-0.1, -0.05) is 66.7 Å². The summed E-state index contributed by atoms with van der Waals surface area (Å²) in [6.07, 6.45) is 0. The Balaban J connectivity index is 1.27. The van der Waals surface area contributed by atoms with Gasteiger partial charge in [0.1, 0.15) is 0 Å². The zero-order valence-electron chi connectivity index (χ0n) is 23.5. The van der Waals surface area contributed by atoms with Gasteiger partial charge in [0.15, 0.2) is 0 Å². The van der Waals surface area contributed by atoms with Crippen LogP contribution in [0.1, 0.15) is 0 Å². The van der Waals surface area contributed by atoms with Crippen molar-refractivity contribution in [1.82, 2.24) is 0 Å². The number of anilines is 3. The molecule has 3 heterocycles. The molecule has 0 saturated carbocycles. The maximum atomic E-state index is 2.45. The largest absolute Gasteiger partial charge is 0.310 e. The van der Waals surface area contributed by atoms with Crippen molar-refractivity contribution in [3.05, 3.63) is 140 Å².